The maximum Gasteiger partial charge on any atom is 0.416 e. The Bertz CT molecular complexity index is 1050. The number of pyridine rings is 1. The topological polar surface area (TPSA) is 77.2 Å². The monoisotopic (exact) mass is 419 g/mol. The SMILES string of the molecule is Nc1cc(Oc2cccc(CCNC(=O)c3cc(C(F)(F)F)ccc3F)c2)ccn1. The van der Waals surface area contributed by atoms with Gasteiger partial charge in [0.15, 0.2) is 0 Å². The van der Waals surface area contributed by atoms with Crippen molar-refractivity contribution in [2.45, 2.75) is 12.6 Å². The number of aromatic nitrogens is 1. The number of rotatable bonds is 6. The van der Waals surface area contributed by atoms with Gasteiger partial charge in [-0.1, -0.05) is 12.1 Å². The molecule has 0 saturated heterocycles. The molecule has 3 rings (SSSR count). The number of ether oxygens (including phenoxy) is 1. The molecule has 2 aromatic carbocycles. The Morgan fingerprint density at radius 3 is 2.57 bits per heavy atom. The van der Waals surface area contributed by atoms with Gasteiger partial charge in [-0.15, -0.1) is 0 Å². The summed E-state index contributed by atoms with van der Waals surface area (Å²) in [6.45, 7) is 0.0974. The summed E-state index contributed by atoms with van der Waals surface area (Å²) in [5.74, 6) is -0.583. The third-order valence-electron chi connectivity index (χ3n) is 4.12. The maximum atomic E-state index is 13.8. The van der Waals surface area contributed by atoms with E-state index in [9.17, 15) is 22.4 Å². The Labute approximate surface area is 169 Å². The van der Waals surface area contributed by atoms with Gasteiger partial charge in [0.25, 0.3) is 5.91 Å². The van der Waals surface area contributed by atoms with Gasteiger partial charge >= 0.3 is 6.18 Å². The van der Waals surface area contributed by atoms with Crippen molar-refractivity contribution < 1.29 is 27.1 Å². The summed E-state index contributed by atoms with van der Waals surface area (Å²) in [4.78, 5) is 16.0. The minimum atomic E-state index is -4.66. The van der Waals surface area contributed by atoms with E-state index in [4.69, 9.17) is 10.5 Å². The van der Waals surface area contributed by atoms with Crippen molar-refractivity contribution in [3.63, 3.8) is 0 Å². The third kappa shape index (κ3) is 5.47. The van der Waals surface area contributed by atoms with Crippen LogP contribution in [0, 0.1) is 5.82 Å². The molecular weight excluding hydrogens is 402 g/mol. The number of carbonyl (C=O) groups is 1. The highest BCUT2D eigenvalue weighted by Crippen LogP contribution is 2.30. The molecule has 3 N–H and O–H groups in total. The van der Waals surface area contributed by atoms with Gasteiger partial charge in [0, 0.05) is 18.8 Å². The number of nitrogens with one attached hydrogen (secondary N) is 1. The summed E-state index contributed by atoms with van der Waals surface area (Å²) in [6, 6.07) is 12.0. The van der Waals surface area contributed by atoms with E-state index in [1.165, 1.54) is 6.20 Å². The van der Waals surface area contributed by atoms with Crippen LogP contribution in [0.5, 0.6) is 11.5 Å². The van der Waals surface area contributed by atoms with E-state index in [-0.39, 0.29) is 6.54 Å². The van der Waals surface area contributed by atoms with Crippen molar-refractivity contribution >= 4 is 11.7 Å². The molecule has 0 unspecified atom stereocenters. The number of nitrogens with zero attached hydrogens (tertiary/aromatic N) is 1. The molecule has 3 aromatic rings. The Balaban J connectivity index is 1.61. The highest BCUT2D eigenvalue weighted by atomic mass is 19.4. The predicted molar refractivity (Wildman–Crippen MR) is 103 cm³/mol. The van der Waals surface area contributed by atoms with Crippen molar-refractivity contribution in [3.8, 4) is 11.5 Å². The predicted octanol–water partition coefficient (Wildman–Crippen LogP) is 4.59. The van der Waals surface area contributed by atoms with Crippen molar-refractivity contribution in [3.05, 3.63) is 83.3 Å². The van der Waals surface area contributed by atoms with Crippen LogP contribution >= 0.6 is 0 Å². The van der Waals surface area contributed by atoms with Crippen molar-refractivity contribution in [2.75, 3.05) is 12.3 Å². The summed E-state index contributed by atoms with van der Waals surface area (Å²) >= 11 is 0. The van der Waals surface area contributed by atoms with E-state index in [1.54, 1.807) is 36.4 Å². The number of nitrogens with two attached hydrogens (primary N) is 1. The van der Waals surface area contributed by atoms with E-state index in [0.717, 1.165) is 5.56 Å². The quantitative estimate of drug-likeness (QED) is 0.573. The van der Waals surface area contributed by atoms with Gasteiger partial charge in [0.1, 0.15) is 23.1 Å². The fraction of sp³-hybridized carbons (Fsp3) is 0.143. The molecule has 0 saturated carbocycles. The number of hydrogen-bond donors (Lipinski definition) is 2. The van der Waals surface area contributed by atoms with Crippen LogP contribution in [0.25, 0.3) is 0 Å². The Hall–Kier alpha value is -3.62. The van der Waals surface area contributed by atoms with E-state index < -0.39 is 29.0 Å². The molecule has 0 fully saturated rings. The van der Waals surface area contributed by atoms with Gasteiger partial charge in [-0.3, -0.25) is 4.79 Å². The van der Waals surface area contributed by atoms with Gasteiger partial charge in [0.2, 0.25) is 0 Å². The second-order valence-corrected chi connectivity index (χ2v) is 6.36. The number of benzene rings is 2. The zero-order chi connectivity index (χ0) is 21.7. The molecule has 1 aromatic heterocycles. The number of carbonyl (C=O) groups excluding carboxylic acids is 1. The molecule has 156 valence electrons. The van der Waals surface area contributed by atoms with E-state index >= 15 is 0 Å². The van der Waals surface area contributed by atoms with Crippen LogP contribution in [0.3, 0.4) is 0 Å². The number of alkyl halides is 3. The summed E-state index contributed by atoms with van der Waals surface area (Å²) < 4.78 is 57.8. The average Bonchev–Trinajstić information content (AvgIpc) is 2.67. The second-order valence-electron chi connectivity index (χ2n) is 6.36. The van der Waals surface area contributed by atoms with Crippen molar-refractivity contribution in [1.82, 2.24) is 10.3 Å². The van der Waals surface area contributed by atoms with Gasteiger partial charge < -0.3 is 15.8 Å². The van der Waals surface area contributed by atoms with E-state index in [0.29, 0.717) is 41.9 Å². The standard InChI is InChI=1S/C21H17F4N3O2/c22-18-5-4-14(21(23,24)25)11-17(18)20(29)28-8-6-13-2-1-3-15(10-13)30-16-7-9-27-19(26)12-16/h1-5,7,9-12H,6,8H2,(H2,26,27)(H,28,29). The lowest BCUT2D eigenvalue weighted by Crippen LogP contribution is -2.27. The molecule has 0 spiro atoms. The van der Waals surface area contributed by atoms with Gasteiger partial charge in [-0.2, -0.15) is 13.2 Å². The molecule has 0 bridgehead atoms. The molecule has 0 radical (unpaired) electrons. The Morgan fingerprint density at radius 2 is 1.83 bits per heavy atom. The molecule has 1 heterocycles. The average molecular weight is 419 g/mol. The minimum Gasteiger partial charge on any atom is -0.457 e. The molecule has 0 aliphatic heterocycles. The fourth-order valence-corrected chi connectivity index (χ4v) is 2.68. The van der Waals surface area contributed by atoms with Crippen LogP contribution in [-0.4, -0.2) is 17.4 Å². The normalized spacial score (nSPS) is 11.2. The highest BCUT2D eigenvalue weighted by Gasteiger charge is 2.31. The molecule has 0 aliphatic carbocycles. The minimum absolute atomic E-state index is 0.0974. The third-order valence-corrected chi connectivity index (χ3v) is 4.12. The number of amides is 1. The van der Waals surface area contributed by atoms with Crippen LogP contribution in [0.2, 0.25) is 0 Å². The summed E-state index contributed by atoms with van der Waals surface area (Å²) in [6.07, 6.45) is -2.79. The first-order valence-corrected chi connectivity index (χ1v) is 8.85. The largest absolute Gasteiger partial charge is 0.457 e. The summed E-state index contributed by atoms with van der Waals surface area (Å²) in [5, 5.41) is 2.43. The molecule has 0 atom stereocenters. The first kappa shape index (κ1) is 21.1. The summed E-state index contributed by atoms with van der Waals surface area (Å²) in [7, 11) is 0. The highest BCUT2D eigenvalue weighted by molar-refractivity contribution is 5.94. The molecule has 5 nitrogen and oxygen atoms in total. The molecule has 9 heteroatoms. The molecular formula is C21H17F4N3O2. The van der Waals surface area contributed by atoms with Gasteiger partial charge in [-0.05, 0) is 48.4 Å². The second kappa shape index (κ2) is 8.81. The van der Waals surface area contributed by atoms with Gasteiger partial charge in [0.05, 0.1) is 11.1 Å². The first-order valence-electron chi connectivity index (χ1n) is 8.85. The van der Waals surface area contributed by atoms with E-state index in [2.05, 4.69) is 10.3 Å². The van der Waals surface area contributed by atoms with Crippen LogP contribution in [0.4, 0.5) is 23.4 Å². The summed E-state index contributed by atoms with van der Waals surface area (Å²) in [5.41, 5.74) is 4.67. The van der Waals surface area contributed by atoms with Gasteiger partial charge in [-0.25, -0.2) is 9.37 Å². The number of anilines is 1. The Kier molecular flexibility index (Phi) is 6.20. The van der Waals surface area contributed by atoms with Crippen LogP contribution in [0.15, 0.2) is 60.8 Å². The van der Waals surface area contributed by atoms with Crippen molar-refractivity contribution in [1.29, 1.82) is 0 Å². The smallest absolute Gasteiger partial charge is 0.416 e. The molecule has 30 heavy (non-hydrogen) atoms. The Morgan fingerprint density at radius 1 is 1.07 bits per heavy atom. The number of nitrogen functional groups attached to an aromatic ring is 1. The lowest BCUT2D eigenvalue weighted by atomic mass is 10.1. The number of halogens is 4. The fourth-order valence-electron chi connectivity index (χ4n) is 2.68. The molecule has 0 aliphatic rings. The lowest BCUT2D eigenvalue weighted by Gasteiger charge is -2.11. The van der Waals surface area contributed by atoms with Crippen LogP contribution < -0.4 is 15.8 Å². The first-order chi connectivity index (χ1) is 14.2. The lowest BCUT2D eigenvalue weighted by molar-refractivity contribution is -0.137. The number of hydrogen-bond acceptors (Lipinski definition) is 4. The van der Waals surface area contributed by atoms with Crippen LogP contribution in [0.1, 0.15) is 21.5 Å². The molecule has 1 amide bonds. The maximum absolute atomic E-state index is 13.8. The van der Waals surface area contributed by atoms with Crippen LogP contribution in [-0.2, 0) is 12.6 Å². The van der Waals surface area contributed by atoms with Crippen molar-refractivity contribution in [2.24, 2.45) is 0 Å². The zero-order valence-electron chi connectivity index (χ0n) is 15.5. The van der Waals surface area contributed by atoms with E-state index in [1.807, 2.05) is 0 Å². The zero-order valence-corrected chi connectivity index (χ0v) is 15.5.